The molecule has 51 heavy (non-hydrogen) atoms. The fraction of sp³-hybridized carbons (Fsp3) is 0.152. The average molecular weight is 660 g/mol. The van der Waals surface area contributed by atoms with E-state index in [1.165, 1.54) is 27.5 Å². The normalized spacial score (nSPS) is 15.3. The summed E-state index contributed by atoms with van der Waals surface area (Å²) in [6.45, 7) is 2.09. The highest BCUT2D eigenvalue weighted by molar-refractivity contribution is 5.98. The van der Waals surface area contributed by atoms with E-state index in [1.54, 1.807) is 0 Å². The lowest BCUT2D eigenvalue weighted by molar-refractivity contribution is 0.992. The van der Waals surface area contributed by atoms with Gasteiger partial charge in [0, 0.05) is 34.2 Å². The molecule has 0 atom stereocenters. The second kappa shape index (κ2) is 13.3. The molecule has 3 aliphatic rings. The predicted molar refractivity (Wildman–Crippen MR) is 211 cm³/mol. The lowest BCUT2D eigenvalue weighted by atomic mass is 9.84. The number of pyridine rings is 1. The van der Waals surface area contributed by atoms with Crippen LogP contribution in [0.25, 0.3) is 73.1 Å². The summed E-state index contributed by atoms with van der Waals surface area (Å²) < 4.78 is 0. The van der Waals surface area contributed by atoms with Gasteiger partial charge in [0.25, 0.3) is 0 Å². The first-order chi connectivity index (χ1) is 25.2. The van der Waals surface area contributed by atoms with Gasteiger partial charge in [-0.15, -0.1) is 0 Å². The molecule has 0 radical (unpaired) electrons. The number of nitrogens with zero attached hydrogens (tertiary/aromatic N) is 5. The van der Waals surface area contributed by atoms with E-state index in [9.17, 15) is 0 Å². The van der Waals surface area contributed by atoms with Gasteiger partial charge in [0.05, 0.1) is 11.4 Å². The zero-order valence-corrected chi connectivity index (χ0v) is 28.7. The summed E-state index contributed by atoms with van der Waals surface area (Å²) in [5, 5.41) is 2.53. The van der Waals surface area contributed by atoms with Gasteiger partial charge in [-0.25, -0.2) is 15.0 Å². The molecule has 0 saturated carbocycles. The van der Waals surface area contributed by atoms with Crippen LogP contribution in [0.2, 0.25) is 0 Å². The number of rotatable bonds is 6. The van der Waals surface area contributed by atoms with Gasteiger partial charge < -0.3 is 0 Å². The van der Waals surface area contributed by atoms with Crippen molar-refractivity contribution in [3.8, 4) is 45.0 Å². The predicted octanol–water partition coefficient (Wildman–Crippen LogP) is 11.4. The number of aliphatic imine (C=N–C) groups is 1. The summed E-state index contributed by atoms with van der Waals surface area (Å²) in [5.74, 6) is 2.01. The molecule has 0 unspecified atom stereocenters. The van der Waals surface area contributed by atoms with E-state index in [0.29, 0.717) is 17.5 Å². The molecule has 246 valence electrons. The molecule has 0 saturated heterocycles. The van der Waals surface area contributed by atoms with Crippen LogP contribution < -0.4 is 0 Å². The van der Waals surface area contributed by atoms with Crippen LogP contribution in [-0.2, 0) is 6.42 Å². The highest BCUT2D eigenvalue weighted by Crippen LogP contribution is 2.40. The van der Waals surface area contributed by atoms with E-state index < -0.39 is 0 Å². The van der Waals surface area contributed by atoms with Gasteiger partial charge in [0.2, 0.25) is 0 Å². The molecule has 0 N–H and O–H groups in total. The van der Waals surface area contributed by atoms with E-state index in [2.05, 4.69) is 116 Å². The molecule has 9 rings (SSSR count). The molecule has 2 aromatic heterocycles. The van der Waals surface area contributed by atoms with E-state index >= 15 is 0 Å². The summed E-state index contributed by atoms with van der Waals surface area (Å²) in [6.07, 6.45) is 21.3. The molecule has 5 heteroatoms. The fourth-order valence-electron chi connectivity index (χ4n) is 7.38. The Hall–Kier alpha value is -6.07. The van der Waals surface area contributed by atoms with Crippen molar-refractivity contribution in [1.82, 2.24) is 19.9 Å². The zero-order valence-electron chi connectivity index (χ0n) is 28.7. The minimum Gasteiger partial charge on any atom is -0.256 e. The van der Waals surface area contributed by atoms with Crippen LogP contribution in [-0.4, -0.2) is 25.6 Å². The van der Waals surface area contributed by atoms with Crippen LogP contribution in [0.3, 0.4) is 0 Å². The lowest BCUT2D eigenvalue weighted by Crippen LogP contribution is -2.04. The molecule has 0 spiro atoms. The lowest BCUT2D eigenvalue weighted by Gasteiger charge is -2.20. The quantitative estimate of drug-likeness (QED) is 0.178. The van der Waals surface area contributed by atoms with Crippen LogP contribution in [0.15, 0.2) is 133 Å². The Morgan fingerprint density at radius 1 is 0.569 bits per heavy atom. The summed E-state index contributed by atoms with van der Waals surface area (Å²) in [7, 11) is 0. The molecule has 0 amide bonds. The molecular formula is C46H37N5. The van der Waals surface area contributed by atoms with Crippen molar-refractivity contribution in [3.05, 3.63) is 150 Å². The van der Waals surface area contributed by atoms with Crippen molar-refractivity contribution in [2.75, 3.05) is 0 Å². The molecule has 0 bridgehead atoms. The monoisotopic (exact) mass is 659 g/mol. The number of benzene rings is 4. The van der Waals surface area contributed by atoms with Gasteiger partial charge in [-0.3, -0.25) is 9.98 Å². The van der Waals surface area contributed by atoms with Crippen LogP contribution >= 0.6 is 0 Å². The second-order valence-corrected chi connectivity index (χ2v) is 13.5. The maximum absolute atomic E-state index is 5.15. The Labute approximate surface area is 298 Å². The molecular weight excluding hydrogens is 623 g/mol. The minimum atomic E-state index is 0.651. The van der Waals surface area contributed by atoms with Crippen LogP contribution in [0, 0.1) is 0 Å². The first-order valence-corrected chi connectivity index (χ1v) is 17.9. The molecule has 1 aliphatic heterocycles. The number of aromatic nitrogens is 4. The van der Waals surface area contributed by atoms with Gasteiger partial charge in [0.15, 0.2) is 17.5 Å². The van der Waals surface area contributed by atoms with E-state index in [0.717, 1.165) is 89.0 Å². The van der Waals surface area contributed by atoms with E-state index in [4.69, 9.17) is 24.9 Å². The summed E-state index contributed by atoms with van der Waals surface area (Å²) in [5.41, 5.74) is 13.1. The van der Waals surface area contributed by atoms with Gasteiger partial charge in [-0.2, -0.15) is 0 Å². The first-order valence-electron chi connectivity index (χ1n) is 17.9. The Morgan fingerprint density at radius 2 is 1.35 bits per heavy atom. The highest BCUT2D eigenvalue weighted by Gasteiger charge is 2.20. The van der Waals surface area contributed by atoms with Crippen molar-refractivity contribution in [2.24, 2.45) is 4.99 Å². The zero-order chi connectivity index (χ0) is 34.1. The van der Waals surface area contributed by atoms with Crippen molar-refractivity contribution in [2.45, 2.75) is 45.4 Å². The highest BCUT2D eigenvalue weighted by atomic mass is 15.0. The Bertz CT molecular complexity index is 2460. The standard InChI is InChI=1S/C46H37N5/c1-30-13-12-22-43(48-30)42-24-23-34(29-47-42)35-25-36(41-28-33-18-8-9-19-38(33)39-20-10-11-21-40(39)41)27-37(26-35)46-50-44(31-14-4-2-5-15-31)49-45(51-46)32-16-6-3-7-17-32/h2,4-6,8-10,14-20,22-29H,3,7,11-13,21H2,1H3. The van der Waals surface area contributed by atoms with Crippen LogP contribution in [0.1, 0.15) is 61.7 Å². The van der Waals surface area contributed by atoms with Crippen LogP contribution in [0.4, 0.5) is 0 Å². The summed E-state index contributed by atoms with van der Waals surface area (Å²) in [6, 6.07) is 32.3. The van der Waals surface area contributed by atoms with Gasteiger partial charge >= 0.3 is 0 Å². The third-order valence-electron chi connectivity index (χ3n) is 9.98. The topological polar surface area (TPSA) is 63.9 Å². The fourth-order valence-corrected chi connectivity index (χ4v) is 7.38. The van der Waals surface area contributed by atoms with Crippen LogP contribution in [0.5, 0.6) is 0 Å². The molecule has 4 aromatic carbocycles. The largest absolute Gasteiger partial charge is 0.256 e. The Kier molecular flexibility index (Phi) is 8.09. The molecule has 3 heterocycles. The third kappa shape index (κ3) is 6.16. The number of allylic oxidation sites excluding steroid dienone is 6. The molecule has 2 aliphatic carbocycles. The summed E-state index contributed by atoms with van der Waals surface area (Å²) in [4.78, 5) is 25.0. The maximum Gasteiger partial charge on any atom is 0.164 e. The Morgan fingerprint density at radius 3 is 2.18 bits per heavy atom. The van der Waals surface area contributed by atoms with Crippen molar-refractivity contribution >= 4 is 33.8 Å². The van der Waals surface area contributed by atoms with Gasteiger partial charge in [-0.1, -0.05) is 97.1 Å². The number of hydrogen-bond donors (Lipinski definition) is 0. The average Bonchev–Trinajstić information content (AvgIpc) is 3.21. The van der Waals surface area contributed by atoms with E-state index in [1.807, 2.05) is 24.4 Å². The minimum absolute atomic E-state index is 0.651. The smallest absolute Gasteiger partial charge is 0.164 e. The third-order valence-corrected chi connectivity index (χ3v) is 9.98. The molecule has 6 aromatic rings. The SMILES string of the molecule is CC1=NC(c2ccc(-c3cc(-c4nc(C5=CCCC=C5)nc(-c5ccccc5)n4)cc(-c4cc5ccccc5c5c4CCC=C5)c3)cn2)=CCC1. The first kappa shape index (κ1) is 30.9. The van der Waals surface area contributed by atoms with E-state index in [-0.39, 0.29) is 0 Å². The van der Waals surface area contributed by atoms with Gasteiger partial charge in [0.1, 0.15) is 0 Å². The molecule has 0 fully saturated rings. The van der Waals surface area contributed by atoms with Crippen molar-refractivity contribution in [1.29, 1.82) is 0 Å². The van der Waals surface area contributed by atoms with Crippen molar-refractivity contribution < 1.29 is 0 Å². The molecule has 5 nitrogen and oxygen atoms in total. The number of hydrogen-bond acceptors (Lipinski definition) is 5. The van der Waals surface area contributed by atoms with Gasteiger partial charge in [-0.05, 0) is 114 Å². The van der Waals surface area contributed by atoms with Crippen molar-refractivity contribution in [3.63, 3.8) is 0 Å². The number of fused-ring (bicyclic) bond motifs is 3. The maximum atomic E-state index is 5.15. The Balaban J connectivity index is 1.25. The summed E-state index contributed by atoms with van der Waals surface area (Å²) >= 11 is 0. The second-order valence-electron chi connectivity index (χ2n) is 13.5.